The van der Waals surface area contributed by atoms with Crippen molar-refractivity contribution in [2.45, 2.75) is 32.7 Å². The predicted octanol–water partition coefficient (Wildman–Crippen LogP) is 0.826. The van der Waals surface area contributed by atoms with Gasteiger partial charge in [-0.15, -0.1) is 0 Å². The molecule has 0 spiro atoms. The smallest absolute Gasteiger partial charge is 0.259 e. The zero-order valence-corrected chi connectivity index (χ0v) is 9.28. The normalized spacial score (nSPS) is 24.9. The first-order chi connectivity index (χ1) is 7.52. The largest absolute Gasteiger partial charge is 0.512 e. The van der Waals surface area contributed by atoms with Crippen LogP contribution in [-0.4, -0.2) is 22.8 Å². The molecule has 1 aliphatic heterocycles. The van der Waals surface area contributed by atoms with E-state index in [2.05, 4.69) is 5.32 Å². The molecule has 1 aliphatic rings. The Balaban J connectivity index is 2.97. The van der Waals surface area contributed by atoms with Crippen molar-refractivity contribution < 1.29 is 14.7 Å². The number of aliphatic hydroxyl groups excluding tert-OH is 1. The maximum absolute atomic E-state index is 11.8. The Hall–Kier alpha value is -1.83. The van der Waals surface area contributed by atoms with E-state index >= 15 is 0 Å². The second kappa shape index (κ2) is 4.79. The zero-order valence-electron chi connectivity index (χ0n) is 9.28. The topological polar surface area (TPSA) is 90.2 Å². The molecule has 16 heavy (non-hydrogen) atoms. The fourth-order valence-electron chi connectivity index (χ4n) is 1.79. The van der Waals surface area contributed by atoms with E-state index in [1.165, 1.54) is 6.92 Å². The first kappa shape index (κ1) is 12.2. The summed E-state index contributed by atoms with van der Waals surface area (Å²) in [6, 6.07) is 1.20. The van der Waals surface area contributed by atoms with E-state index in [9.17, 15) is 14.7 Å². The summed E-state index contributed by atoms with van der Waals surface area (Å²) >= 11 is 0. The van der Waals surface area contributed by atoms with Crippen LogP contribution in [0.1, 0.15) is 26.7 Å². The number of rotatable bonds is 3. The van der Waals surface area contributed by atoms with Gasteiger partial charge < -0.3 is 10.4 Å². The van der Waals surface area contributed by atoms with Crippen molar-refractivity contribution in [1.82, 2.24) is 5.32 Å². The molecule has 0 bridgehead atoms. The predicted molar refractivity (Wildman–Crippen MR) is 56.3 cm³/mol. The summed E-state index contributed by atoms with van der Waals surface area (Å²) in [6.07, 6.45) is 1.31. The van der Waals surface area contributed by atoms with Gasteiger partial charge in [0.2, 0.25) is 0 Å². The number of Topliss-reactive ketones (excluding diaryl/α,β-unsaturated/α-hetero) is 1. The molecule has 2 atom stereocenters. The second-order valence-electron chi connectivity index (χ2n) is 3.80. The highest BCUT2D eigenvalue weighted by Crippen LogP contribution is 2.21. The highest BCUT2D eigenvalue weighted by atomic mass is 16.3. The number of aliphatic hydroxyl groups is 1. The standard InChI is InChI=1S/C11H14N2O3/c1-3-4-7(5-12)9-10(15)8(6(2)14)11(16)13-9/h7,9,14H,3-4H2,1-2H3,(H,13,16). The molecular formula is C11H14N2O3. The van der Waals surface area contributed by atoms with E-state index < -0.39 is 23.7 Å². The number of allylic oxidation sites excluding steroid dienone is 1. The molecule has 86 valence electrons. The minimum absolute atomic E-state index is 0.221. The summed E-state index contributed by atoms with van der Waals surface area (Å²) in [5.41, 5.74) is -0.221. The van der Waals surface area contributed by atoms with Crippen LogP contribution in [0.3, 0.4) is 0 Å². The van der Waals surface area contributed by atoms with Gasteiger partial charge in [-0.05, 0) is 13.3 Å². The van der Waals surface area contributed by atoms with Crippen LogP contribution in [0.2, 0.25) is 0 Å². The molecule has 5 heteroatoms. The number of amides is 1. The minimum Gasteiger partial charge on any atom is -0.512 e. The number of carbonyl (C=O) groups is 2. The molecule has 0 radical (unpaired) electrons. The SMILES string of the molecule is CCCC(C#N)C1NC(=O)C(=C(C)O)C1=O. The quantitative estimate of drug-likeness (QED) is 0.420. The number of carbonyl (C=O) groups excluding carboxylic acids is 2. The van der Waals surface area contributed by atoms with Gasteiger partial charge in [0.25, 0.3) is 5.91 Å². The Kier molecular flexibility index (Phi) is 3.67. The lowest BCUT2D eigenvalue weighted by molar-refractivity contribution is -0.117. The van der Waals surface area contributed by atoms with Gasteiger partial charge in [-0.3, -0.25) is 9.59 Å². The monoisotopic (exact) mass is 222 g/mol. The molecular weight excluding hydrogens is 208 g/mol. The average molecular weight is 222 g/mol. The number of hydrogen-bond acceptors (Lipinski definition) is 4. The van der Waals surface area contributed by atoms with Crippen molar-refractivity contribution in [3.05, 3.63) is 11.3 Å². The summed E-state index contributed by atoms with van der Waals surface area (Å²) in [7, 11) is 0. The number of nitriles is 1. The molecule has 1 amide bonds. The summed E-state index contributed by atoms with van der Waals surface area (Å²) in [5, 5.41) is 20.6. The van der Waals surface area contributed by atoms with Crippen LogP contribution in [0.25, 0.3) is 0 Å². The fraction of sp³-hybridized carbons (Fsp3) is 0.545. The highest BCUT2D eigenvalue weighted by Gasteiger charge is 2.41. The molecule has 0 aromatic carbocycles. The van der Waals surface area contributed by atoms with Crippen molar-refractivity contribution in [3.63, 3.8) is 0 Å². The van der Waals surface area contributed by atoms with Gasteiger partial charge in [0, 0.05) is 0 Å². The van der Waals surface area contributed by atoms with Gasteiger partial charge in [0.05, 0.1) is 12.0 Å². The van der Waals surface area contributed by atoms with Crippen LogP contribution >= 0.6 is 0 Å². The lowest BCUT2D eigenvalue weighted by Gasteiger charge is -2.13. The minimum atomic E-state index is -0.811. The van der Waals surface area contributed by atoms with Crippen molar-refractivity contribution >= 4 is 11.7 Å². The van der Waals surface area contributed by atoms with Crippen LogP contribution in [-0.2, 0) is 9.59 Å². The molecule has 0 aliphatic carbocycles. The van der Waals surface area contributed by atoms with Gasteiger partial charge in [-0.2, -0.15) is 5.26 Å². The van der Waals surface area contributed by atoms with Crippen LogP contribution in [0.15, 0.2) is 11.3 Å². The second-order valence-corrected chi connectivity index (χ2v) is 3.80. The number of nitrogens with zero attached hydrogens (tertiary/aromatic N) is 1. The van der Waals surface area contributed by atoms with Gasteiger partial charge >= 0.3 is 0 Å². The summed E-state index contributed by atoms with van der Waals surface area (Å²) in [4.78, 5) is 23.2. The van der Waals surface area contributed by atoms with Crippen molar-refractivity contribution in [3.8, 4) is 6.07 Å². The molecule has 1 rings (SSSR count). The lowest BCUT2D eigenvalue weighted by Crippen LogP contribution is -2.36. The molecule has 0 aromatic heterocycles. The molecule has 2 unspecified atom stereocenters. The third-order valence-corrected chi connectivity index (χ3v) is 2.57. The van der Waals surface area contributed by atoms with E-state index in [0.29, 0.717) is 6.42 Å². The number of ketones is 1. The fourth-order valence-corrected chi connectivity index (χ4v) is 1.79. The maximum atomic E-state index is 11.8. The van der Waals surface area contributed by atoms with E-state index in [0.717, 1.165) is 6.42 Å². The van der Waals surface area contributed by atoms with Gasteiger partial charge in [0.1, 0.15) is 17.4 Å². The summed E-state index contributed by atoms with van der Waals surface area (Å²) < 4.78 is 0. The Bertz CT molecular complexity index is 389. The molecule has 2 N–H and O–H groups in total. The molecule has 0 saturated carbocycles. The van der Waals surface area contributed by atoms with Gasteiger partial charge in [0.15, 0.2) is 5.78 Å². The summed E-state index contributed by atoms with van der Waals surface area (Å²) in [5.74, 6) is -1.90. The highest BCUT2D eigenvalue weighted by molar-refractivity contribution is 6.27. The molecule has 0 aromatic rings. The number of hydrogen-bond donors (Lipinski definition) is 2. The Labute approximate surface area is 93.8 Å². The summed E-state index contributed by atoms with van der Waals surface area (Å²) in [6.45, 7) is 3.19. The van der Waals surface area contributed by atoms with E-state index in [1.54, 1.807) is 0 Å². The van der Waals surface area contributed by atoms with Crippen molar-refractivity contribution in [2.24, 2.45) is 5.92 Å². The van der Waals surface area contributed by atoms with Crippen molar-refractivity contribution in [2.75, 3.05) is 0 Å². The Morgan fingerprint density at radius 2 is 2.25 bits per heavy atom. The molecule has 1 saturated heterocycles. The maximum Gasteiger partial charge on any atom is 0.259 e. The van der Waals surface area contributed by atoms with Crippen LogP contribution in [0.5, 0.6) is 0 Å². The van der Waals surface area contributed by atoms with Crippen LogP contribution in [0, 0.1) is 17.2 Å². The molecule has 1 heterocycles. The third-order valence-electron chi connectivity index (χ3n) is 2.57. The Morgan fingerprint density at radius 3 is 2.62 bits per heavy atom. The van der Waals surface area contributed by atoms with E-state index in [4.69, 9.17) is 5.26 Å². The van der Waals surface area contributed by atoms with E-state index in [-0.39, 0.29) is 11.3 Å². The van der Waals surface area contributed by atoms with Gasteiger partial charge in [-0.25, -0.2) is 0 Å². The molecule has 5 nitrogen and oxygen atoms in total. The van der Waals surface area contributed by atoms with Crippen LogP contribution in [0.4, 0.5) is 0 Å². The van der Waals surface area contributed by atoms with E-state index in [1.807, 2.05) is 13.0 Å². The average Bonchev–Trinajstić information content (AvgIpc) is 2.50. The van der Waals surface area contributed by atoms with Crippen LogP contribution < -0.4 is 5.32 Å². The first-order valence-corrected chi connectivity index (χ1v) is 5.17. The third kappa shape index (κ3) is 2.06. The first-order valence-electron chi connectivity index (χ1n) is 5.17. The van der Waals surface area contributed by atoms with Gasteiger partial charge in [-0.1, -0.05) is 13.3 Å². The Morgan fingerprint density at radius 1 is 1.62 bits per heavy atom. The van der Waals surface area contributed by atoms with Crippen molar-refractivity contribution in [1.29, 1.82) is 5.26 Å². The zero-order chi connectivity index (χ0) is 12.3. The molecule has 1 fully saturated rings. The lowest BCUT2D eigenvalue weighted by atomic mass is 9.93. The number of nitrogens with one attached hydrogen (secondary N) is 1.